The number of sulfonamides is 1. The smallest absolute Gasteiger partial charge is 0.416 e. The van der Waals surface area contributed by atoms with Crippen LogP contribution >= 0.6 is 0 Å². The summed E-state index contributed by atoms with van der Waals surface area (Å²) in [5.74, 6) is 0.522. The largest absolute Gasteiger partial charge is 0.494 e. The first kappa shape index (κ1) is 18.8. The maximum atomic E-state index is 12.6. The van der Waals surface area contributed by atoms with E-state index in [1.165, 1.54) is 36.4 Å². The average Bonchev–Trinajstić information content (AvgIpc) is 2.55. The van der Waals surface area contributed by atoms with E-state index in [1.807, 2.05) is 4.83 Å². The zero-order valence-electron chi connectivity index (χ0n) is 13.1. The quantitative estimate of drug-likeness (QED) is 0.624. The summed E-state index contributed by atoms with van der Waals surface area (Å²) in [6, 6.07) is 10.1. The first-order valence-electron chi connectivity index (χ1n) is 7.17. The summed E-state index contributed by atoms with van der Waals surface area (Å²) in [7, 11) is -3.93. The van der Waals surface area contributed by atoms with Crippen molar-refractivity contribution in [2.24, 2.45) is 5.10 Å². The van der Waals surface area contributed by atoms with Crippen LogP contribution in [0.3, 0.4) is 0 Å². The number of nitrogens with one attached hydrogen (secondary N) is 1. The Hall–Kier alpha value is -2.55. The molecule has 9 heteroatoms. The highest BCUT2D eigenvalue weighted by atomic mass is 32.2. The fourth-order valence-electron chi connectivity index (χ4n) is 1.90. The summed E-state index contributed by atoms with van der Waals surface area (Å²) in [6.07, 6.45) is -3.48. The van der Waals surface area contributed by atoms with Gasteiger partial charge in [0, 0.05) is 0 Å². The van der Waals surface area contributed by atoms with Crippen molar-refractivity contribution in [2.75, 3.05) is 6.61 Å². The summed E-state index contributed by atoms with van der Waals surface area (Å²) >= 11 is 0. The van der Waals surface area contributed by atoms with Gasteiger partial charge in [-0.1, -0.05) is 12.1 Å². The van der Waals surface area contributed by atoms with Gasteiger partial charge in [0.2, 0.25) is 0 Å². The van der Waals surface area contributed by atoms with Crippen molar-refractivity contribution in [3.8, 4) is 5.75 Å². The number of halogens is 3. The highest BCUT2D eigenvalue weighted by molar-refractivity contribution is 7.89. The number of hydrogen-bond acceptors (Lipinski definition) is 4. The van der Waals surface area contributed by atoms with Crippen LogP contribution in [-0.2, 0) is 16.2 Å². The van der Waals surface area contributed by atoms with Crippen LogP contribution in [-0.4, -0.2) is 21.2 Å². The van der Waals surface area contributed by atoms with Crippen molar-refractivity contribution in [3.05, 3.63) is 59.7 Å². The molecule has 134 valence electrons. The number of alkyl halides is 3. The molecular weight excluding hydrogens is 357 g/mol. The van der Waals surface area contributed by atoms with Gasteiger partial charge in [0.25, 0.3) is 10.0 Å². The number of hydrogen-bond donors (Lipinski definition) is 1. The van der Waals surface area contributed by atoms with Gasteiger partial charge in [0.15, 0.2) is 0 Å². The molecule has 0 saturated heterocycles. The lowest BCUT2D eigenvalue weighted by Gasteiger charge is -2.07. The maximum Gasteiger partial charge on any atom is 0.416 e. The van der Waals surface area contributed by atoms with Gasteiger partial charge < -0.3 is 4.74 Å². The van der Waals surface area contributed by atoms with Crippen LogP contribution in [0, 0.1) is 0 Å². The molecule has 0 aliphatic heterocycles. The summed E-state index contributed by atoms with van der Waals surface area (Å²) in [6.45, 7) is 2.25. The molecule has 0 amide bonds. The zero-order chi connectivity index (χ0) is 18.5. The zero-order valence-corrected chi connectivity index (χ0v) is 13.9. The molecule has 0 heterocycles. The molecule has 25 heavy (non-hydrogen) atoms. The summed E-state index contributed by atoms with van der Waals surface area (Å²) in [5, 5.41) is 3.51. The van der Waals surface area contributed by atoms with Gasteiger partial charge in [-0.2, -0.15) is 26.7 Å². The first-order valence-corrected chi connectivity index (χ1v) is 8.65. The van der Waals surface area contributed by atoms with Crippen molar-refractivity contribution < 1.29 is 26.3 Å². The molecule has 0 aliphatic rings. The Labute approximate surface area is 143 Å². The van der Waals surface area contributed by atoms with Gasteiger partial charge in [-0.3, -0.25) is 0 Å². The van der Waals surface area contributed by atoms with Crippen LogP contribution in [0.2, 0.25) is 0 Å². The summed E-state index contributed by atoms with van der Waals surface area (Å²) < 4.78 is 67.2. The molecule has 0 unspecified atom stereocenters. The lowest BCUT2D eigenvalue weighted by atomic mass is 10.1. The average molecular weight is 372 g/mol. The van der Waals surface area contributed by atoms with Crippen LogP contribution in [0.25, 0.3) is 0 Å². The van der Waals surface area contributed by atoms with Crippen LogP contribution < -0.4 is 9.57 Å². The predicted molar refractivity (Wildman–Crippen MR) is 87.0 cm³/mol. The molecule has 0 saturated carbocycles. The molecule has 0 bridgehead atoms. The second-order valence-electron chi connectivity index (χ2n) is 4.88. The Kier molecular flexibility index (Phi) is 5.68. The van der Waals surface area contributed by atoms with Crippen molar-refractivity contribution in [1.82, 2.24) is 4.83 Å². The molecule has 2 aromatic rings. The van der Waals surface area contributed by atoms with E-state index in [-0.39, 0.29) is 10.5 Å². The first-order chi connectivity index (χ1) is 11.7. The Bertz CT molecular complexity index is 848. The molecule has 0 radical (unpaired) electrons. The lowest BCUT2D eigenvalue weighted by Crippen LogP contribution is -2.18. The molecule has 0 fully saturated rings. The number of nitrogens with zero attached hydrogens (tertiary/aromatic N) is 1. The second kappa shape index (κ2) is 7.56. The van der Waals surface area contributed by atoms with Gasteiger partial charge in [-0.25, -0.2) is 4.83 Å². The topological polar surface area (TPSA) is 67.8 Å². The second-order valence-corrected chi connectivity index (χ2v) is 6.54. The highest BCUT2D eigenvalue weighted by Crippen LogP contribution is 2.29. The van der Waals surface area contributed by atoms with Crippen LogP contribution in [0.1, 0.15) is 18.1 Å². The standard InChI is InChI=1S/C16H15F3N2O3S/c1-2-24-14-6-8-15(9-7-14)25(22,23)21-20-11-12-4-3-5-13(10-12)16(17,18)19/h3-11,21H,2H2,1H3/b20-11+. The van der Waals surface area contributed by atoms with E-state index in [0.29, 0.717) is 12.4 Å². The Morgan fingerprint density at radius 2 is 1.84 bits per heavy atom. The van der Waals surface area contributed by atoms with E-state index in [9.17, 15) is 21.6 Å². The van der Waals surface area contributed by atoms with Gasteiger partial charge in [-0.15, -0.1) is 0 Å². The van der Waals surface area contributed by atoms with Crippen LogP contribution in [0.5, 0.6) is 5.75 Å². The van der Waals surface area contributed by atoms with Crippen LogP contribution in [0.4, 0.5) is 13.2 Å². The van der Waals surface area contributed by atoms with Gasteiger partial charge in [0.1, 0.15) is 5.75 Å². The lowest BCUT2D eigenvalue weighted by molar-refractivity contribution is -0.137. The number of ether oxygens (including phenoxy) is 1. The molecule has 2 rings (SSSR count). The highest BCUT2D eigenvalue weighted by Gasteiger charge is 2.30. The molecule has 2 aromatic carbocycles. The van der Waals surface area contributed by atoms with E-state index in [2.05, 4.69) is 5.10 Å². The summed E-state index contributed by atoms with van der Waals surface area (Å²) in [4.78, 5) is 1.91. The van der Waals surface area contributed by atoms with E-state index < -0.39 is 21.8 Å². The van der Waals surface area contributed by atoms with Crippen molar-refractivity contribution in [3.63, 3.8) is 0 Å². The van der Waals surface area contributed by atoms with Crippen LogP contribution in [0.15, 0.2) is 58.5 Å². The predicted octanol–water partition coefficient (Wildman–Crippen LogP) is 3.42. The fraction of sp³-hybridized carbons (Fsp3) is 0.188. The maximum absolute atomic E-state index is 12.6. The number of rotatable bonds is 6. The van der Waals surface area contributed by atoms with E-state index in [1.54, 1.807) is 6.92 Å². The minimum Gasteiger partial charge on any atom is -0.494 e. The molecular formula is C16H15F3N2O3S. The van der Waals surface area contributed by atoms with Gasteiger partial charge in [0.05, 0.1) is 23.3 Å². The Balaban J connectivity index is 2.10. The van der Waals surface area contributed by atoms with Crippen molar-refractivity contribution in [2.45, 2.75) is 18.0 Å². The third-order valence-electron chi connectivity index (χ3n) is 3.05. The van der Waals surface area contributed by atoms with Gasteiger partial charge in [-0.05, 0) is 48.9 Å². The number of hydrazone groups is 1. The summed E-state index contributed by atoms with van der Waals surface area (Å²) in [5.41, 5.74) is -0.727. The SMILES string of the molecule is CCOc1ccc(S(=O)(=O)N/N=C/c2cccc(C(F)(F)F)c2)cc1. The Morgan fingerprint density at radius 3 is 2.44 bits per heavy atom. The monoisotopic (exact) mass is 372 g/mol. The van der Waals surface area contributed by atoms with E-state index in [0.717, 1.165) is 18.3 Å². The number of benzene rings is 2. The molecule has 0 spiro atoms. The Morgan fingerprint density at radius 1 is 1.16 bits per heavy atom. The molecule has 0 aromatic heterocycles. The molecule has 0 atom stereocenters. The third kappa shape index (κ3) is 5.21. The van der Waals surface area contributed by atoms with E-state index >= 15 is 0 Å². The van der Waals surface area contributed by atoms with E-state index in [4.69, 9.17) is 4.74 Å². The molecule has 5 nitrogen and oxygen atoms in total. The van der Waals surface area contributed by atoms with Gasteiger partial charge >= 0.3 is 6.18 Å². The minimum atomic E-state index is -4.48. The van der Waals surface area contributed by atoms with Crippen molar-refractivity contribution in [1.29, 1.82) is 0 Å². The molecule has 1 N–H and O–H groups in total. The normalized spacial score (nSPS) is 12.3. The van der Waals surface area contributed by atoms with Crippen molar-refractivity contribution >= 4 is 16.2 Å². The third-order valence-corrected chi connectivity index (χ3v) is 4.28. The molecule has 0 aliphatic carbocycles. The minimum absolute atomic E-state index is 0.0443. The fourth-order valence-corrected chi connectivity index (χ4v) is 2.69.